The predicted molar refractivity (Wildman–Crippen MR) is 61.4 cm³/mol. The van der Waals surface area contributed by atoms with Crippen molar-refractivity contribution in [2.24, 2.45) is 0 Å². The first kappa shape index (κ1) is 11.6. The quantitative estimate of drug-likeness (QED) is 0.779. The van der Waals surface area contributed by atoms with Gasteiger partial charge < -0.3 is 14.7 Å². The molecule has 0 aromatic heterocycles. The van der Waals surface area contributed by atoms with Crippen LogP contribution in [0.4, 0.5) is 5.69 Å². The second-order valence-electron chi connectivity index (χ2n) is 3.82. The third-order valence-electron chi connectivity index (χ3n) is 2.65. The number of amides is 1. The molecule has 0 fully saturated rings. The summed E-state index contributed by atoms with van der Waals surface area (Å²) < 4.78 is 5.43. The lowest BCUT2D eigenvalue weighted by molar-refractivity contribution is -0.125. The van der Waals surface area contributed by atoms with Gasteiger partial charge in [0.15, 0.2) is 6.10 Å². The van der Waals surface area contributed by atoms with Crippen LogP contribution in [0.15, 0.2) is 18.2 Å². The number of carbonyl (C=O) groups excluding carboxylic acids is 2. The largest absolute Gasteiger partial charge is 0.479 e. The summed E-state index contributed by atoms with van der Waals surface area (Å²) in [6.07, 6.45) is 0.135. The predicted octanol–water partition coefficient (Wildman–Crippen LogP) is 0.605. The summed E-state index contributed by atoms with van der Waals surface area (Å²) in [4.78, 5) is 24.0. The van der Waals surface area contributed by atoms with Crippen LogP contribution in [-0.2, 0) is 4.79 Å². The Hall–Kier alpha value is -1.88. The minimum atomic E-state index is -0.573. The minimum Gasteiger partial charge on any atom is -0.479 e. The topological polar surface area (TPSA) is 66.8 Å². The monoisotopic (exact) mass is 235 g/mol. The maximum absolute atomic E-state index is 11.9. The van der Waals surface area contributed by atoms with Crippen molar-refractivity contribution < 1.29 is 19.4 Å². The highest BCUT2D eigenvalue weighted by molar-refractivity contribution is 6.00. The van der Waals surface area contributed by atoms with Crippen LogP contribution in [0.1, 0.15) is 17.3 Å². The molecule has 1 unspecified atom stereocenters. The number of carbonyl (C=O) groups is 2. The zero-order valence-electron chi connectivity index (χ0n) is 9.42. The molecule has 1 aliphatic heterocycles. The van der Waals surface area contributed by atoms with Crippen LogP contribution in [0.5, 0.6) is 5.75 Å². The Balaban J connectivity index is 2.47. The van der Waals surface area contributed by atoms with E-state index in [9.17, 15) is 9.59 Å². The second-order valence-corrected chi connectivity index (χ2v) is 3.82. The fourth-order valence-corrected chi connectivity index (χ4v) is 1.83. The molecule has 1 aromatic rings. The van der Waals surface area contributed by atoms with Crippen molar-refractivity contribution >= 4 is 17.9 Å². The summed E-state index contributed by atoms with van der Waals surface area (Å²) in [5, 5.41) is 8.97. The van der Waals surface area contributed by atoms with E-state index in [0.29, 0.717) is 23.3 Å². The fraction of sp³-hybridized carbons (Fsp3) is 0.333. The van der Waals surface area contributed by atoms with Gasteiger partial charge >= 0.3 is 0 Å². The SMILES string of the molecule is CC1Oc2ccc(C=O)cc2N(CCO)C1=O. The highest BCUT2D eigenvalue weighted by Crippen LogP contribution is 2.34. The number of aliphatic hydroxyl groups excluding tert-OH is 1. The Kier molecular flexibility index (Phi) is 3.10. The number of ether oxygens (including phenoxy) is 1. The van der Waals surface area contributed by atoms with Crippen LogP contribution in [-0.4, -0.2) is 36.6 Å². The average molecular weight is 235 g/mol. The molecular weight excluding hydrogens is 222 g/mol. The van der Waals surface area contributed by atoms with Crippen molar-refractivity contribution in [3.63, 3.8) is 0 Å². The molecule has 1 N–H and O–H groups in total. The number of hydrogen-bond donors (Lipinski definition) is 1. The molecule has 1 aromatic carbocycles. The highest BCUT2D eigenvalue weighted by Gasteiger charge is 2.31. The molecule has 0 spiro atoms. The van der Waals surface area contributed by atoms with E-state index in [4.69, 9.17) is 9.84 Å². The van der Waals surface area contributed by atoms with Gasteiger partial charge in [-0.05, 0) is 25.1 Å². The first-order valence-corrected chi connectivity index (χ1v) is 5.35. The van der Waals surface area contributed by atoms with Crippen LogP contribution in [0.2, 0.25) is 0 Å². The number of β-amino-alcohol motifs (C(OH)–C–C–N with tert-alkyl or cyclic N) is 1. The molecule has 1 aliphatic rings. The summed E-state index contributed by atoms with van der Waals surface area (Å²) in [5.41, 5.74) is 1.00. The molecule has 17 heavy (non-hydrogen) atoms. The standard InChI is InChI=1S/C12H13NO4/c1-8-12(16)13(4-5-14)10-6-9(7-15)2-3-11(10)17-8/h2-3,6-8,14H,4-5H2,1H3. The number of rotatable bonds is 3. The van der Waals surface area contributed by atoms with Gasteiger partial charge in [-0.3, -0.25) is 9.59 Å². The lowest BCUT2D eigenvalue weighted by Crippen LogP contribution is -2.45. The van der Waals surface area contributed by atoms with Crippen molar-refractivity contribution in [1.82, 2.24) is 0 Å². The van der Waals surface area contributed by atoms with Gasteiger partial charge in [0.05, 0.1) is 12.3 Å². The van der Waals surface area contributed by atoms with E-state index in [2.05, 4.69) is 0 Å². The van der Waals surface area contributed by atoms with Crippen LogP contribution in [0.25, 0.3) is 0 Å². The zero-order chi connectivity index (χ0) is 12.4. The van der Waals surface area contributed by atoms with Gasteiger partial charge in [-0.25, -0.2) is 0 Å². The molecule has 0 aliphatic carbocycles. The smallest absolute Gasteiger partial charge is 0.267 e. The Morgan fingerprint density at radius 2 is 2.29 bits per heavy atom. The molecule has 5 heteroatoms. The maximum atomic E-state index is 11.9. The molecule has 0 saturated heterocycles. The highest BCUT2D eigenvalue weighted by atomic mass is 16.5. The Morgan fingerprint density at radius 3 is 2.94 bits per heavy atom. The van der Waals surface area contributed by atoms with Gasteiger partial charge in [-0.1, -0.05) is 0 Å². The van der Waals surface area contributed by atoms with Gasteiger partial charge in [0, 0.05) is 12.1 Å². The molecule has 5 nitrogen and oxygen atoms in total. The molecule has 0 bridgehead atoms. The summed E-state index contributed by atoms with van der Waals surface area (Å²) in [7, 11) is 0. The normalized spacial score (nSPS) is 18.6. The summed E-state index contributed by atoms with van der Waals surface area (Å²) >= 11 is 0. The molecule has 90 valence electrons. The van der Waals surface area contributed by atoms with Crippen LogP contribution in [0, 0.1) is 0 Å². The van der Waals surface area contributed by atoms with E-state index in [1.54, 1.807) is 25.1 Å². The third kappa shape index (κ3) is 2.01. The zero-order valence-corrected chi connectivity index (χ0v) is 9.42. The van der Waals surface area contributed by atoms with E-state index in [1.165, 1.54) is 4.90 Å². The maximum Gasteiger partial charge on any atom is 0.267 e. The Morgan fingerprint density at radius 1 is 1.53 bits per heavy atom. The van der Waals surface area contributed by atoms with Gasteiger partial charge in [0.1, 0.15) is 12.0 Å². The number of anilines is 1. The molecule has 2 rings (SSSR count). The van der Waals surface area contributed by atoms with Gasteiger partial charge in [-0.15, -0.1) is 0 Å². The fourth-order valence-electron chi connectivity index (χ4n) is 1.83. The van der Waals surface area contributed by atoms with Crippen molar-refractivity contribution in [3.05, 3.63) is 23.8 Å². The van der Waals surface area contributed by atoms with E-state index >= 15 is 0 Å². The van der Waals surface area contributed by atoms with Crippen molar-refractivity contribution in [2.45, 2.75) is 13.0 Å². The van der Waals surface area contributed by atoms with Crippen molar-refractivity contribution in [3.8, 4) is 5.75 Å². The first-order valence-electron chi connectivity index (χ1n) is 5.35. The lowest BCUT2D eigenvalue weighted by Gasteiger charge is -2.32. The van der Waals surface area contributed by atoms with E-state index in [-0.39, 0.29) is 19.1 Å². The number of hydrogen-bond acceptors (Lipinski definition) is 4. The number of aldehydes is 1. The molecule has 0 radical (unpaired) electrons. The number of nitrogens with zero attached hydrogens (tertiary/aromatic N) is 1. The van der Waals surface area contributed by atoms with Gasteiger partial charge in [-0.2, -0.15) is 0 Å². The summed E-state index contributed by atoms with van der Waals surface area (Å²) in [6.45, 7) is 1.72. The first-order chi connectivity index (χ1) is 8.17. The summed E-state index contributed by atoms with van der Waals surface area (Å²) in [5.74, 6) is 0.339. The van der Waals surface area contributed by atoms with E-state index < -0.39 is 6.10 Å². The molecule has 1 amide bonds. The lowest BCUT2D eigenvalue weighted by atomic mass is 10.1. The molecule has 1 heterocycles. The van der Waals surface area contributed by atoms with E-state index in [1.807, 2.05) is 0 Å². The minimum absolute atomic E-state index is 0.136. The number of aliphatic hydroxyl groups is 1. The Bertz CT molecular complexity index is 458. The summed E-state index contributed by atoms with van der Waals surface area (Å²) in [6, 6.07) is 4.87. The number of fused-ring (bicyclic) bond motifs is 1. The van der Waals surface area contributed by atoms with Gasteiger partial charge in [0.2, 0.25) is 0 Å². The molecular formula is C12H13NO4. The van der Waals surface area contributed by atoms with Crippen LogP contribution < -0.4 is 9.64 Å². The average Bonchev–Trinajstić information content (AvgIpc) is 2.34. The van der Waals surface area contributed by atoms with Gasteiger partial charge in [0.25, 0.3) is 5.91 Å². The third-order valence-corrected chi connectivity index (χ3v) is 2.65. The van der Waals surface area contributed by atoms with Crippen molar-refractivity contribution in [1.29, 1.82) is 0 Å². The molecule has 1 atom stereocenters. The number of benzene rings is 1. The Labute approximate surface area is 98.6 Å². The molecule has 0 saturated carbocycles. The second kappa shape index (κ2) is 4.55. The van der Waals surface area contributed by atoms with E-state index in [0.717, 1.165) is 0 Å². The van der Waals surface area contributed by atoms with Crippen molar-refractivity contribution in [2.75, 3.05) is 18.1 Å². The van der Waals surface area contributed by atoms with Crippen LogP contribution >= 0.6 is 0 Å². The van der Waals surface area contributed by atoms with Crippen LogP contribution in [0.3, 0.4) is 0 Å².